The van der Waals surface area contributed by atoms with Gasteiger partial charge in [-0.2, -0.15) is 5.26 Å². The smallest absolute Gasteiger partial charge is 0.237 e. The van der Waals surface area contributed by atoms with E-state index >= 15 is 0 Å². The third-order valence-electron chi connectivity index (χ3n) is 7.21. The van der Waals surface area contributed by atoms with E-state index in [0.717, 1.165) is 77.7 Å². The minimum atomic E-state index is -0.616. The van der Waals surface area contributed by atoms with Gasteiger partial charge in [0.05, 0.1) is 19.2 Å². The summed E-state index contributed by atoms with van der Waals surface area (Å²) in [5, 5.41) is 9.71. The Morgan fingerprint density at radius 2 is 1.59 bits per heavy atom. The van der Waals surface area contributed by atoms with Gasteiger partial charge in [0.2, 0.25) is 11.8 Å². The van der Waals surface area contributed by atoms with Crippen molar-refractivity contribution in [1.29, 1.82) is 5.26 Å². The number of likely N-dealkylation sites (tertiary alicyclic amines) is 1. The summed E-state index contributed by atoms with van der Waals surface area (Å²) in [6.07, 6.45) is 8.22. The molecule has 0 radical (unpaired) electrons. The lowest BCUT2D eigenvalue weighted by Crippen LogP contribution is -2.56. The first-order valence-electron chi connectivity index (χ1n) is 11.4. The number of nitrogens with zero attached hydrogens (tertiary/aromatic N) is 5. The molecule has 29 heavy (non-hydrogen) atoms. The molecule has 0 aromatic rings. The highest BCUT2D eigenvalue weighted by Gasteiger charge is 2.39. The van der Waals surface area contributed by atoms with Crippen LogP contribution in [0.1, 0.15) is 58.3 Å². The van der Waals surface area contributed by atoms with Crippen LogP contribution in [-0.2, 0) is 9.59 Å². The molecule has 1 unspecified atom stereocenters. The van der Waals surface area contributed by atoms with Crippen molar-refractivity contribution >= 4 is 11.8 Å². The van der Waals surface area contributed by atoms with Gasteiger partial charge >= 0.3 is 0 Å². The molecular weight excluding hydrogens is 366 g/mol. The Morgan fingerprint density at radius 3 is 2.17 bits per heavy atom. The second kappa shape index (κ2) is 9.90. The Morgan fingerprint density at radius 1 is 0.966 bits per heavy atom. The lowest BCUT2D eigenvalue weighted by Gasteiger charge is -2.41. The van der Waals surface area contributed by atoms with Gasteiger partial charge in [0.1, 0.15) is 5.54 Å². The maximum Gasteiger partial charge on any atom is 0.237 e. The molecule has 0 bridgehead atoms. The fourth-order valence-corrected chi connectivity index (χ4v) is 5.05. The molecule has 1 aliphatic carbocycles. The summed E-state index contributed by atoms with van der Waals surface area (Å²) < 4.78 is 0. The average molecular weight is 404 g/mol. The fourth-order valence-electron chi connectivity index (χ4n) is 5.05. The normalized spacial score (nSPS) is 26.0. The van der Waals surface area contributed by atoms with Crippen molar-refractivity contribution in [3.05, 3.63) is 0 Å². The summed E-state index contributed by atoms with van der Waals surface area (Å²) >= 11 is 0. The Hall–Kier alpha value is -1.65. The maximum absolute atomic E-state index is 12.8. The van der Waals surface area contributed by atoms with Crippen LogP contribution in [0.5, 0.6) is 0 Å². The molecule has 7 heteroatoms. The summed E-state index contributed by atoms with van der Waals surface area (Å²) in [5.41, 5.74) is -0.616. The van der Waals surface area contributed by atoms with Crippen molar-refractivity contribution in [2.24, 2.45) is 0 Å². The van der Waals surface area contributed by atoms with Crippen molar-refractivity contribution in [3.63, 3.8) is 0 Å². The van der Waals surface area contributed by atoms with Crippen LogP contribution in [0.25, 0.3) is 0 Å². The third-order valence-corrected chi connectivity index (χ3v) is 7.21. The molecule has 2 saturated heterocycles. The molecule has 3 fully saturated rings. The van der Waals surface area contributed by atoms with E-state index < -0.39 is 5.54 Å². The quantitative estimate of drug-likeness (QED) is 0.699. The summed E-state index contributed by atoms with van der Waals surface area (Å²) in [7, 11) is 1.80. The molecule has 2 aliphatic heterocycles. The van der Waals surface area contributed by atoms with E-state index in [4.69, 9.17) is 0 Å². The molecular formula is C22H37N5O2. The molecule has 2 heterocycles. The number of hydrogen-bond acceptors (Lipinski definition) is 5. The van der Waals surface area contributed by atoms with Gasteiger partial charge < -0.3 is 9.80 Å². The minimum absolute atomic E-state index is 0.0418. The summed E-state index contributed by atoms with van der Waals surface area (Å²) in [6, 6.07) is 2.79. The standard InChI is InChI=1S/C22H37N5O2/c1-19-8-4-7-11-27(19)21(29)17-26-14-12-25(13-15-26)16-20(28)24(2)22(18-23)9-5-3-6-10-22/h19H,3-17H2,1-2H3. The van der Waals surface area contributed by atoms with Gasteiger partial charge in [0, 0.05) is 45.8 Å². The zero-order chi connectivity index (χ0) is 20.9. The van der Waals surface area contributed by atoms with Gasteiger partial charge in [-0.25, -0.2) is 0 Å². The first-order chi connectivity index (χ1) is 13.9. The van der Waals surface area contributed by atoms with Crippen LogP contribution in [0.4, 0.5) is 0 Å². The van der Waals surface area contributed by atoms with Gasteiger partial charge in [-0.3, -0.25) is 19.4 Å². The molecule has 0 aromatic carbocycles. The van der Waals surface area contributed by atoms with Crippen LogP contribution in [0, 0.1) is 11.3 Å². The molecule has 1 saturated carbocycles. The second-order valence-corrected chi connectivity index (χ2v) is 9.14. The highest BCUT2D eigenvalue weighted by atomic mass is 16.2. The van der Waals surface area contributed by atoms with Crippen molar-refractivity contribution in [3.8, 4) is 6.07 Å². The van der Waals surface area contributed by atoms with Crippen LogP contribution in [0.3, 0.4) is 0 Å². The number of carbonyl (C=O) groups is 2. The third kappa shape index (κ3) is 5.29. The lowest BCUT2D eigenvalue weighted by atomic mass is 9.81. The molecule has 3 aliphatic rings. The molecule has 7 nitrogen and oxygen atoms in total. The van der Waals surface area contributed by atoms with Gasteiger partial charge in [-0.1, -0.05) is 19.3 Å². The van der Waals surface area contributed by atoms with E-state index in [9.17, 15) is 14.9 Å². The predicted octanol–water partition coefficient (Wildman–Crippen LogP) is 1.69. The first kappa shape index (κ1) is 22.0. The minimum Gasteiger partial charge on any atom is -0.339 e. The highest BCUT2D eigenvalue weighted by Crippen LogP contribution is 2.32. The fraction of sp³-hybridized carbons (Fsp3) is 0.864. The van der Waals surface area contributed by atoms with Crippen LogP contribution in [-0.4, -0.2) is 95.9 Å². The summed E-state index contributed by atoms with van der Waals surface area (Å²) in [4.78, 5) is 33.6. The van der Waals surface area contributed by atoms with Gasteiger partial charge in [-0.05, 0) is 39.0 Å². The number of likely N-dealkylation sites (N-methyl/N-ethyl adjacent to an activating group) is 1. The lowest BCUT2D eigenvalue weighted by molar-refractivity contribution is -0.138. The molecule has 0 spiro atoms. The first-order valence-corrected chi connectivity index (χ1v) is 11.4. The Labute approximate surface area is 175 Å². The summed E-state index contributed by atoms with van der Waals surface area (Å²) in [6.45, 7) is 7.11. The molecule has 0 aromatic heterocycles. The monoisotopic (exact) mass is 403 g/mol. The van der Waals surface area contributed by atoms with Gasteiger partial charge in [-0.15, -0.1) is 0 Å². The zero-order valence-corrected chi connectivity index (χ0v) is 18.2. The second-order valence-electron chi connectivity index (χ2n) is 9.14. The van der Waals surface area contributed by atoms with Crippen LogP contribution in [0.15, 0.2) is 0 Å². The molecule has 0 N–H and O–H groups in total. The van der Waals surface area contributed by atoms with Crippen LogP contribution >= 0.6 is 0 Å². The number of amides is 2. The van der Waals surface area contributed by atoms with Crippen molar-refractivity contribution in [1.82, 2.24) is 19.6 Å². The van der Waals surface area contributed by atoms with E-state index in [1.54, 1.807) is 11.9 Å². The van der Waals surface area contributed by atoms with E-state index in [-0.39, 0.29) is 11.8 Å². The van der Waals surface area contributed by atoms with Gasteiger partial charge in [0.15, 0.2) is 0 Å². The average Bonchev–Trinajstić information content (AvgIpc) is 2.75. The van der Waals surface area contributed by atoms with E-state index in [0.29, 0.717) is 19.1 Å². The Balaban J connectivity index is 1.44. The topological polar surface area (TPSA) is 70.9 Å². The number of hydrogen-bond donors (Lipinski definition) is 0. The number of piperazine rings is 1. The maximum atomic E-state index is 12.8. The van der Waals surface area contributed by atoms with Crippen molar-refractivity contribution in [2.75, 3.05) is 52.9 Å². The molecule has 2 amide bonds. The van der Waals surface area contributed by atoms with E-state index in [2.05, 4.69) is 22.8 Å². The number of rotatable bonds is 5. The van der Waals surface area contributed by atoms with Crippen LogP contribution < -0.4 is 0 Å². The van der Waals surface area contributed by atoms with E-state index in [1.807, 2.05) is 4.90 Å². The molecule has 1 atom stereocenters. The van der Waals surface area contributed by atoms with Crippen LogP contribution in [0.2, 0.25) is 0 Å². The SMILES string of the molecule is CC1CCCCN1C(=O)CN1CCN(CC(=O)N(C)C2(C#N)CCCCC2)CC1. The van der Waals surface area contributed by atoms with Crippen molar-refractivity contribution in [2.45, 2.75) is 69.9 Å². The largest absolute Gasteiger partial charge is 0.339 e. The van der Waals surface area contributed by atoms with Crippen molar-refractivity contribution < 1.29 is 9.59 Å². The highest BCUT2D eigenvalue weighted by molar-refractivity contribution is 5.79. The Bertz CT molecular complexity index is 617. The number of nitriles is 1. The molecule has 3 rings (SSSR count). The molecule has 162 valence electrons. The predicted molar refractivity (Wildman–Crippen MR) is 112 cm³/mol. The van der Waals surface area contributed by atoms with Gasteiger partial charge in [0.25, 0.3) is 0 Å². The number of carbonyl (C=O) groups excluding carboxylic acids is 2. The van der Waals surface area contributed by atoms with E-state index in [1.165, 1.54) is 6.42 Å². The number of piperidine rings is 1. The Kier molecular flexibility index (Phi) is 7.53. The summed E-state index contributed by atoms with van der Waals surface area (Å²) in [5.74, 6) is 0.287. The zero-order valence-electron chi connectivity index (χ0n) is 18.2.